The van der Waals surface area contributed by atoms with E-state index in [9.17, 15) is 14.4 Å². The van der Waals surface area contributed by atoms with Crippen LogP contribution in [-0.2, 0) is 4.57 Å². The standard InChI is InChI=1S/C38H81O3PS/c1-5-8-11-14-17-20-23-26-29-32-35-43(38(4)42(39,40)41,36-33-30-27-24-21-18-15-12-9-6-2)37-34-31-28-25-22-19-16-13-10-7-3/h38H,5-37H2,1-4H3,(H2,39,40,41). The molecule has 0 saturated heterocycles. The maximum atomic E-state index is 12.7. The summed E-state index contributed by atoms with van der Waals surface area (Å²) in [5.74, 6) is 3.26. The SMILES string of the molecule is CCCCCCCCCCCCS(CCCCCCCCCCCC)(CCCCCCCCCCCC)C(C)P(=O)(O)O. The van der Waals surface area contributed by atoms with Crippen molar-refractivity contribution in [2.45, 2.75) is 225 Å². The molecule has 43 heavy (non-hydrogen) atoms. The van der Waals surface area contributed by atoms with Crippen LogP contribution in [0, 0.1) is 0 Å². The van der Waals surface area contributed by atoms with E-state index in [1.807, 2.05) is 6.92 Å². The molecule has 0 aliphatic heterocycles. The molecule has 262 valence electrons. The van der Waals surface area contributed by atoms with Crippen LogP contribution in [0.5, 0.6) is 0 Å². The van der Waals surface area contributed by atoms with E-state index in [-0.39, 0.29) is 0 Å². The molecule has 0 fully saturated rings. The monoisotopic (exact) mass is 649 g/mol. The Balaban J connectivity index is 4.83. The highest BCUT2D eigenvalue weighted by atomic mass is 32.3. The summed E-state index contributed by atoms with van der Waals surface area (Å²) in [6, 6.07) is 0. The topological polar surface area (TPSA) is 57.5 Å². The third kappa shape index (κ3) is 26.3. The summed E-state index contributed by atoms with van der Waals surface area (Å²) in [7, 11) is -5.40. The Labute approximate surface area is 273 Å². The van der Waals surface area contributed by atoms with Crippen LogP contribution in [0.15, 0.2) is 0 Å². The van der Waals surface area contributed by atoms with Gasteiger partial charge in [-0.2, -0.15) is 0 Å². The van der Waals surface area contributed by atoms with E-state index < -0.39 is 22.6 Å². The fourth-order valence-corrected chi connectivity index (χ4v) is 14.0. The Morgan fingerprint density at radius 2 is 0.581 bits per heavy atom. The van der Waals surface area contributed by atoms with Gasteiger partial charge < -0.3 is 9.79 Å². The van der Waals surface area contributed by atoms with Gasteiger partial charge in [0.1, 0.15) is 0 Å². The predicted octanol–water partition coefficient (Wildman–Crippen LogP) is 14.1. The molecule has 1 atom stereocenters. The van der Waals surface area contributed by atoms with Crippen molar-refractivity contribution in [2.75, 3.05) is 17.3 Å². The normalized spacial score (nSPS) is 13.5. The maximum absolute atomic E-state index is 12.7. The molecule has 0 heterocycles. The van der Waals surface area contributed by atoms with Gasteiger partial charge in [0, 0.05) is 0 Å². The lowest BCUT2D eigenvalue weighted by Crippen LogP contribution is -2.25. The molecule has 0 aromatic rings. The fraction of sp³-hybridized carbons (Fsp3) is 1.00. The zero-order chi connectivity index (χ0) is 31.9. The molecular formula is C38H81O3PS. The molecule has 0 aromatic heterocycles. The molecule has 2 N–H and O–H groups in total. The second kappa shape index (κ2) is 31.1. The lowest BCUT2D eigenvalue weighted by atomic mass is 10.1. The van der Waals surface area contributed by atoms with Gasteiger partial charge in [0.15, 0.2) is 0 Å². The van der Waals surface area contributed by atoms with Crippen molar-refractivity contribution < 1.29 is 14.4 Å². The van der Waals surface area contributed by atoms with Crippen LogP contribution < -0.4 is 0 Å². The predicted molar refractivity (Wildman–Crippen MR) is 199 cm³/mol. The Hall–Kier alpha value is 0.500. The molecule has 0 saturated carbocycles. The number of rotatable bonds is 35. The zero-order valence-corrected chi connectivity index (χ0v) is 31.8. The first-order valence-electron chi connectivity index (χ1n) is 19.6. The summed E-state index contributed by atoms with van der Waals surface area (Å²) < 4.78 is 12.7. The van der Waals surface area contributed by atoms with Crippen molar-refractivity contribution in [3.63, 3.8) is 0 Å². The summed E-state index contributed by atoms with van der Waals surface area (Å²) >= 11 is 0. The minimum atomic E-state index is -4.08. The Morgan fingerprint density at radius 3 is 0.767 bits per heavy atom. The van der Waals surface area contributed by atoms with Crippen LogP contribution in [0.4, 0.5) is 0 Å². The van der Waals surface area contributed by atoms with Gasteiger partial charge in [-0.3, -0.25) is 4.57 Å². The van der Waals surface area contributed by atoms with Gasteiger partial charge in [0.25, 0.3) is 0 Å². The molecule has 0 spiro atoms. The molecule has 0 aliphatic carbocycles. The number of hydrogen-bond acceptors (Lipinski definition) is 1. The highest BCUT2D eigenvalue weighted by Crippen LogP contribution is 2.66. The second-order valence-electron chi connectivity index (χ2n) is 14.0. The molecule has 0 rings (SSSR count). The van der Waals surface area contributed by atoms with Crippen molar-refractivity contribution in [1.29, 1.82) is 0 Å². The van der Waals surface area contributed by atoms with Crippen LogP contribution in [0.3, 0.4) is 0 Å². The summed E-state index contributed by atoms with van der Waals surface area (Å²) in [5.41, 5.74) is 0. The second-order valence-corrected chi connectivity index (χ2v) is 20.4. The van der Waals surface area contributed by atoms with E-state index in [4.69, 9.17) is 0 Å². The van der Waals surface area contributed by atoms with Gasteiger partial charge >= 0.3 is 7.60 Å². The maximum Gasteiger partial charge on any atom is 0.336 e. The van der Waals surface area contributed by atoms with Crippen molar-refractivity contribution >= 4 is 17.6 Å². The van der Waals surface area contributed by atoms with Gasteiger partial charge in [-0.25, -0.2) is 10.0 Å². The van der Waals surface area contributed by atoms with Gasteiger partial charge in [-0.15, -0.1) is 0 Å². The molecule has 5 heteroatoms. The number of hydrogen-bond donors (Lipinski definition) is 2. The van der Waals surface area contributed by atoms with Crippen LogP contribution in [0.1, 0.15) is 220 Å². The van der Waals surface area contributed by atoms with Crippen molar-refractivity contribution in [2.24, 2.45) is 0 Å². The first kappa shape index (κ1) is 43.5. The molecule has 0 radical (unpaired) electrons. The van der Waals surface area contributed by atoms with Gasteiger partial charge in [-0.05, 0) is 43.4 Å². The van der Waals surface area contributed by atoms with Crippen LogP contribution >= 0.6 is 17.6 Å². The molecule has 3 nitrogen and oxygen atoms in total. The highest BCUT2D eigenvalue weighted by molar-refractivity contribution is 8.36. The molecule has 0 bridgehead atoms. The van der Waals surface area contributed by atoms with Crippen LogP contribution in [0.25, 0.3) is 0 Å². The lowest BCUT2D eigenvalue weighted by Gasteiger charge is -2.46. The first-order chi connectivity index (χ1) is 20.8. The summed E-state index contributed by atoms with van der Waals surface area (Å²) in [6.45, 7) is 8.77. The molecular weight excluding hydrogens is 567 g/mol. The summed E-state index contributed by atoms with van der Waals surface area (Å²) in [4.78, 5) is 20.4. The molecule has 0 amide bonds. The van der Waals surface area contributed by atoms with E-state index >= 15 is 0 Å². The molecule has 1 unspecified atom stereocenters. The summed E-state index contributed by atoms with van der Waals surface area (Å²) in [6.07, 6.45) is 39.7. The quantitative estimate of drug-likeness (QED) is 0.0531. The first-order valence-corrected chi connectivity index (χ1v) is 23.5. The minimum absolute atomic E-state index is 0.435. The fourth-order valence-electron chi connectivity index (χ4n) is 6.74. The van der Waals surface area contributed by atoms with Gasteiger partial charge in [0.2, 0.25) is 0 Å². The number of unbranched alkanes of at least 4 members (excludes halogenated alkanes) is 27. The Morgan fingerprint density at radius 1 is 0.395 bits per heavy atom. The summed E-state index contributed by atoms with van der Waals surface area (Å²) in [5, 5.41) is 0. The Kier molecular flexibility index (Phi) is 31.5. The largest absolute Gasteiger partial charge is 0.336 e. The van der Waals surface area contributed by atoms with Crippen molar-refractivity contribution in [1.82, 2.24) is 0 Å². The van der Waals surface area contributed by atoms with E-state index in [0.29, 0.717) is 0 Å². The molecule has 0 aromatic carbocycles. The van der Waals surface area contributed by atoms with Gasteiger partial charge in [0.05, 0.1) is 4.99 Å². The lowest BCUT2D eigenvalue weighted by molar-refractivity contribution is 0.371. The highest BCUT2D eigenvalue weighted by Gasteiger charge is 2.39. The third-order valence-corrected chi connectivity index (χ3v) is 17.8. The average molecular weight is 649 g/mol. The van der Waals surface area contributed by atoms with Crippen LogP contribution in [0.2, 0.25) is 0 Å². The average Bonchev–Trinajstić information content (AvgIpc) is 2.98. The Bertz CT molecular complexity index is 548. The minimum Gasteiger partial charge on any atom is -0.324 e. The van der Waals surface area contributed by atoms with Crippen molar-refractivity contribution in [3.05, 3.63) is 0 Å². The van der Waals surface area contributed by atoms with Crippen molar-refractivity contribution in [3.8, 4) is 0 Å². The van der Waals surface area contributed by atoms with E-state index in [0.717, 1.165) is 17.3 Å². The molecule has 0 aliphatic rings. The zero-order valence-electron chi connectivity index (χ0n) is 30.1. The van der Waals surface area contributed by atoms with E-state index in [1.54, 1.807) is 0 Å². The third-order valence-electron chi connectivity index (χ3n) is 9.91. The van der Waals surface area contributed by atoms with E-state index in [1.165, 1.54) is 193 Å². The smallest absolute Gasteiger partial charge is 0.324 e. The van der Waals surface area contributed by atoms with Gasteiger partial charge in [-0.1, -0.05) is 194 Å². The van der Waals surface area contributed by atoms with Crippen LogP contribution in [-0.4, -0.2) is 32.0 Å². The van der Waals surface area contributed by atoms with E-state index in [2.05, 4.69) is 20.8 Å².